The Balaban J connectivity index is 1.30. The Hall–Kier alpha value is -3.24. The zero-order valence-electron chi connectivity index (χ0n) is 21.9. The second-order valence-corrected chi connectivity index (χ2v) is 12.8. The molecule has 0 aromatic heterocycles. The number of carbonyl (C=O) groups excluding carboxylic acids is 4. The number of hydrogen-bond donors (Lipinski definition) is 0. The number of imide groups is 2. The molecule has 4 fully saturated rings. The minimum Gasteiger partial charge on any atom is -0.338 e. The molecule has 0 N–H and O–H groups in total. The zero-order valence-corrected chi connectivity index (χ0v) is 23.5. The number of nitrogens with zero attached hydrogens (tertiary/aromatic N) is 5. The first-order valence-electron chi connectivity index (χ1n) is 13.2. The topological polar surface area (TPSA) is 84.5 Å². The van der Waals surface area contributed by atoms with Crippen LogP contribution in [0.5, 0.6) is 0 Å². The second kappa shape index (κ2) is 8.14. The molecule has 39 heavy (non-hydrogen) atoms. The van der Waals surface area contributed by atoms with Crippen molar-refractivity contribution in [2.45, 2.75) is 42.1 Å². The van der Waals surface area contributed by atoms with Crippen molar-refractivity contribution in [2.75, 3.05) is 38.1 Å². The molecule has 1 saturated carbocycles. The summed E-state index contributed by atoms with van der Waals surface area (Å²) in [6.07, 6.45) is 0.348. The van der Waals surface area contributed by atoms with E-state index in [9.17, 15) is 19.2 Å². The van der Waals surface area contributed by atoms with Gasteiger partial charge in [0.15, 0.2) is 0 Å². The van der Waals surface area contributed by atoms with Crippen LogP contribution in [0, 0.1) is 10.8 Å². The number of hydrogen-bond acceptors (Lipinski definition) is 6. The first kappa shape index (κ1) is 24.8. The summed E-state index contributed by atoms with van der Waals surface area (Å²) in [5, 5.41) is 0.621. The van der Waals surface area contributed by atoms with Crippen molar-refractivity contribution in [1.29, 1.82) is 0 Å². The standard InChI is InChI=1S/C28H28ClN5O4S/c1-27-21-22-28(27,2)24(36)34(12-6-11-33(23(27)35)25(37)30(21)3)26(38)32(22)14-13-31-17-7-4-5-8-19(17)39-20-10-9-16(29)15-18(20)31/h4-5,7-10,15,21-22H,6,11-14H2,1-3H3/t21?,22?,27-,28+/m0/s1. The van der Waals surface area contributed by atoms with Crippen molar-refractivity contribution >= 4 is 58.6 Å². The normalized spacial score (nSPS) is 31.0. The molecule has 2 unspecified atom stereocenters. The summed E-state index contributed by atoms with van der Waals surface area (Å²) < 4.78 is 0. The van der Waals surface area contributed by atoms with E-state index < -0.39 is 22.9 Å². The largest absolute Gasteiger partial charge is 0.338 e. The summed E-state index contributed by atoms with van der Waals surface area (Å²) in [6.45, 7) is 4.70. The van der Waals surface area contributed by atoms with Crippen LogP contribution in [-0.4, -0.2) is 88.8 Å². The molecular formula is C28H28ClN5O4S. The Morgan fingerprint density at radius 1 is 0.846 bits per heavy atom. The second-order valence-electron chi connectivity index (χ2n) is 11.3. The molecule has 7 rings (SSSR count). The molecule has 1 aliphatic carbocycles. The number of fused-ring (bicyclic) bond motifs is 5. The maximum absolute atomic E-state index is 14.0. The molecule has 0 spiro atoms. The molecule has 4 heterocycles. The van der Waals surface area contributed by atoms with Crippen molar-refractivity contribution in [3.05, 3.63) is 47.5 Å². The number of halogens is 1. The molecular weight excluding hydrogens is 538 g/mol. The van der Waals surface area contributed by atoms with Gasteiger partial charge in [-0.3, -0.25) is 19.4 Å². The molecule has 5 aliphatic rings. The number of benzene rings is 2. The number of urea groups is 2. The minimum absolute atomic E-state index is 0.166. The summed E-state index contributed by atoms with van der Waals surface area (Å²) in [4.78, 5) is 65.1. The predicted molar refractivity (Wildman–Crippen MR) is 146 cm³/mol. The Kier molecular flexibility index (Phi) is 5.17. The third kappa shape index (κ3) is 2.93. The molecule has 2 aromatic rings. The first-order valence-corrected chi connectivity index (χ1v) is 14.4. The highest BCUT2D eigenvalue weighted by Gasteiger charge is 2.82. The average molecular weight is 566 g/mol. The van der Waals surface area contributed by atoms with E-state index in [0.29, 0.717) is 24.5 Å². The van der Waals surface area contributed by atoms with Gasteiger partial charge in [-0.15, -0.1) is 0 Å². The first-order chi connectivity index (χ1) is 18.6. The molecule has 11 heteroatoms. The molecule has 9 nitrogen and oxygen atoms in total. The van der Waals surface area contributed by atoms with Crippen LogP contribution < -0.4 is 4.90 Å². The molecule has 0 radical (unpaired) electrons. The van der Waals surface area contributed by atoms with Gasteiger partial charge in [0.2, 0.25) is 11.8 Å². The molecule has 4 aliphatic heterocycles. The van der Waals surface area contributed by atoms with Gasteiger partial charge in [-0.25, -0.2) is 9.59 Å². The highest BCUT2D eigenvalue weighted by atomic mass is 35.5. The lowest BCUT2D eigenvalue weighted by Gasteiger charge is -2.72. The minimum atomic E-state index is -1.14. The van der Waals surface area contributed by atoms with Gasteiger partial charge in [0.1, 0.15) is 0 Å². The van der Waals surface area contributed by atoms with Gasteiger partial charge in [-0.05, 0) is 50.6 Å². The predicted octanol–water partition coefficient (Wildman–Crippen LogP) is 4.27. The van der Waals surface area contributed by atoms with Crippen LogP contribution in [0.1, 0.15) is 20.3 Å². The number of carbonyl (C=O) groups is 4. The SMILES string of the molecule is CN1C(=O)N2CCCN3C(=O)N(CCN4c5ccccc5Sc5ccc(Cl)cc54)C4C1[C@@](C)(C2=O)[C@@]4(C)C3=O. The number of para-hydroxylation sites is 1. The number of amides is 6. The number of rotatable bonds is 3. The smallest absolute Gasteiger partial charge is 0.327 e. The monoisotopic (exact) mass is 565 g/mol. The third-order valence-corrected chi connectivity index (χ3v) is 11.0. The van der Waals surface area contributed by atoms with E-state index in [-0.39, 0.29) is 37.0 Å². The quantitative estimate of drug-likeness (QED) is 0.553. The van der Waals surface area contributed by atoms with Crippen LogP contribution in [0.25, 0.3) is 0 Å². The van der Waals surface area contributed by atoms with Crippen molar-refractivity contribution in [3.63, 3.8) is 0 Å². The lowest BCUT2D eigenvalue weighted by molar-refractivity contribution is -0.225. The molecule has 2 aromatic carbocycles. The van der Waals surface area contributed by atoms with E-state index in [4.69, 9.17) is 11.6 Å². The molecule has 3 saturated heterocycles. The highest BCUT2D eigenvalue weighted by Crippen LogP contribution is 2.65. The molecule has 4 atom stereocenters. The number of anilines is 2. The summed E-state index contributed by atoms with van der Waals surface area (Å²) in [5.74, 6) is -0.633. The van der Waals surface area contributed by atoms with Gasteiger partial charge >= 0.3 is 12.1 Å². The van der Waals surface area contributed by atoms with Crippen LogP contribution >= 0.6 is 23.4 Å². The Bertz CT molecular complexity index is 1490. The van der Waals surface area contributed by atoms with Crippen LogP contribution in [0.15, 0.2) is 52.3 Å². The van der Waals surface area contributed by atoms with Crippen LogP contribution in [-0.2, 0) is 9.59 Å². The van der Waals surface area contributed by atoms with Crippen molar-refractivity contribution in [3.8, 4) is 0 Å². The Morgan fingerprint density at radius 2 is 1.49 bits per heavy atom. The van der Waals surface area contributed by atoms with Gasteiger partial charge in [0.05, 0.1) is 34.3 Å². The van der Waals surface area contributed by atoms with Gasteiger partial charge in [0, 0.05) is 48.0 Å². The average Bonchev–Trinajstić information content (AvgIpc) is 2.94. The molecule has 6 amide bonds. The van der Waals surface area contributed by atoms with E-state index in [1.54, 1.807) is 42.5 Å². The van der Waals surface area contributed by atoms with Gasteiger partial charge in [-0.1, -0.05) is 35.5 Å². The molecule has 202 valence electrons. The third-order valence-electron chi connectivity index (χ3n) is 9.62. The van der Waals surface area contributed by atoms with Crippen LogP contribution in [0.4, 0.5) is 21.0 Å². The van der Waals surface area contributed by atoms with E-state index in [0.717, 1.165) is 21.2 Å². The summed E-state index contributed by atoms with van der Waals surface area (Å²) in [5.41, 5.74) is -0.284. The maximum atomic E-state index is 14.0. The summed E-state index contributed by atoms with van der Waals surface area (Å²) in [7, 11) is 1.68. The van der Waals surface area contributed by atoms with Gasteiger partial charge < -0.3 is 14.7 Å². The maximum Gasteiger partial charge on any atom is 0.327 e. The van der Waals surface area contributed by atoms with Crippen LogP contribution in [0.3, 0.4) is 0 Å². The van der Waals surface area contributed by atoms with E-state index in [1.165, 1.54) is 9.80 Å². The van der Waals surface area contributed by atoms with Crippen molar-refractivity contribution in [1.82, 2.24) is 19.6 Å². The van der Waals surface area contributed by atoms with Crippen molar-refractivity contribution in [2.24, 2.45) is 10.8 Å². The van der Waals surface area contributed by atoms with E-state index in [1.807, 2.05) is 36.4 Å². The van der Waals surface area contributed by atoms with Crippen molar-refractivity contribution < 1.29 is 19.2 Å². The van der Waals surface area contributed by atoms with Gasteiger partial charge in [0.25, 0.3) is 0 Å². The van der Waals surface area contributed by atoms with E-state index in [2.05, 4.69) is 11.0 Å². The van der Waals surface area contributed by atoms with Gasteiger partial charge in [-0.2, -0.15) is 0 Å². The van der Waals surface area contributed by atoms with E-state index >= 15 is 0 Å². The summed E-state index contributed by atoms with van der Waals surface area (Å²) in [6, 6.07) is 12.0. The fourth-order valence-electron chi connectivity index (χ4n) is 7.51. The Labute approximate surface area is 235 Å². The lowest BCUT2D eigenvalue weighted by Crippen LogP contribution is -2.90. The fourth-order valence-corrected chi connectivity index (χ4v) is 8.76. The fraction of sp³-hybridized carbons (Fsp3) is 0.429. The highest BCUT2D eigenvalue weighted by molar-refractivity contribution is 7.99. The molecule has 4 bridgehead atoms. The number of likely N-dealkylation sites (N-methyl/N-ethyl adjacent to an activating group) is 1. The lowest BCUT2D eigenvalue weighted by atomic mass is 9.41. The zero-order chi connectivity index (χ0) is 27.4. The Morgan fingerprint density at radius 3 is 2.23 bits per heavy atom. The van der Waals surface area contributed by atoms with Crippen LogP contribution in [0.2, 0.25) is 5.02 Å². The summed E-state index contributed by atoms with van der Waals surface area (Å²) >= 11 is 8.08.